The summed E-state index contributed by atoms with van der Waals surface area (Å²) in [5.74, 6) is 0.211. The Morgan fingerprint density at radius 1 is 0.688 bits per heavy atom. The minimum absolute atomic E-state index is 0.0581. The lowest BCUT2D eigenvalue weighted by Gasteiger charge is -2.22. The zero-order valence-corrected chi connectivity index (χ0v) is 19.3. The van der Waals surface area contributed by atoms with E-state index in [0.717, 1.165) is 6.54 Å². The molecule has 0 aliphatic carbocycles. The van der Waals surface area contributed by atoms with Crippen molar-refractivity contribution in [2.24, 2.45) is 11.5 Å². The molecule has 0 aromatic heterocycles. The lowest BCUT2D eigenvalue weighted by Crippen LogP contribution is -2.25. The summed E-state index contributed by atoms with van der Waals surface area (Å²) in [6, 6.07) is 34.9. The molecule has 0 fully saturated rings. The maximum Gasteiger partial charge on any atom is 0.0301 e. The van der Waals surface area contributed by atoms with Crippen LogP contribution in [-0.2, 0) is 6.54 Å². The highest BCUT2D eigenvalue weighted by molar-refractivity contribution is 5.86. The molecule has 0 aliphatic heterocycles. The summed E-state index contributed by atoms with van der Waals surface area (Å²) in [6.07, 6.45) is 0. The molecular weight excluding hydrogens is 390 g/mol. The molecule has 0 heterocycles. The van der Waals surface area contributed by atoms with Crippen LogP contribution in [0.5, 0.6) is 0 Å². The molecular formula is C29H35N3. The second-order valence-electron chi connectivity index (χ2n) is 8.16. The molecule has 5 N–H and O–H groups in total. The number of benzene rings is 4. The Kier molecular flexibility index (Phi) is 8.57. The highest BCUT2D eigenvalue weighted by atomic mass is 14.9. The SMILES string of the molecule is CC(N)C(c1ccccc1)c1ccc(CN[C@H](C)c2cccc3ccccc23)cc1.CN. The highest BCUT2D eigenvalue weighted by Crippen LogP contribution is 2.28. The minimum atomic E-state index is 0.0581. The molecule has 4 aromatic carbocycles. The molecule has 3 atom stereocenters. The van der Waals surface area contributed by atoms with E-state index in [1.54, 1.807) is 0 Å². The Labute approximate surface area is 192 Å². The fourth-order valence-corrected chi connectivity index (χ4v) is 4.31. The van der Waals surface area contributed by atoms with Crippen molar-refractivity contribution in [2.45, 2.75) is 38.4 Å². The maximum atomic E-state index is 6.33. The summed E-state index contributed by atoms with van der Waals surface area (Å²) in [6.45, 7) is 5.15. The summed E-state index contributed by atoms with van der Waals surface area (Å²) < 4.78 is 0. The lowest BCUT2D eigenvalue weighted by atomic mass is 9.86. The third-order valence-electron chi connectivity index (χ3n) is 5.93. The second kappa shape index (κ2) is 11.6. The van der Waals surface area contributed by atoms with Gasteiger partial charge in [0.1, 0.15) is 0 Å². The molecule has 2 unspecified atom stereocenters. The molecule has 0 saturated carbocycles. The van der Waals surface area contributed by atoms with E-state index < -0.39 is 0 Å². The number of nitrogens with two attached hydrogens (primary N) is 2. The van der Waals surface area contributed by atoms with Crippen molar-refractivity contribution in [3.63, 3.8) is 0 Å². The van der Waals surface area contributed by atoms with E-state index in [2.05, 4.69) is 116 Å². The van der Waals surface area contributed by atoms with E-state index in [-0.39, 0.29) is 18.0 Å². The average molecular weight is 426 g/mol. The fourth-order valence-electron chi connectivity index (χ4n) is 4.31. The molecule has 4 rings (SSSR count). The van der Waals surface area contributed by atoms with Gasteiger partial charge >= 0.3 is 0 Å². The number of hydrogen-bond acceptors (Lipinski definition) is 3. The molecule has 32 heavy (non-hydrogen) atoms. The van der Waals surface area contributed by atoms with Gasteiger partial charge in [-0.2, -0.15) is 0 Å². The molecule has 0 bridgehead atoms. The fraction of sp³-hybridized carbons (Fsp3) is 0.241. The number of fused-ring (bicyclic) bond motifs is 1. The summed E-state index contributed by atoms with van der Waals surface area (Å²) in [4.78, 5) is 0. The van der Waals surface area contributed by atoms with E-state index >= 15 is 0 Å². The van der Waals surface area contributed by atoms with E-state index in [1.807, 2.05) is 6.07 Å². The predicted octanol–water partition coefficient (Wildman–Crippen LogP) is 5.74. The first-order chi connectivity index (χ1) is 15.6. The van der Waals surface area contributed by atoms with Crippen molar-refractivity contribution >= 4 is 10.8 Å². The molecule has 166 valence electrons. The predicted molar refractivity (Wildman–Crippen MR) is 138 cm³/mol. The van der Waals surface area contributed by atoms with Crippen molar-refractivity contribution in [3.8, 4) is 0 Å². The van der Waals surface area contributed by atoms with Crippen LogP contribution >= 0.6 is 0 Å². The Morgan fingerprint density at radius 3 is 1.97 bits per heavy atom. The van der Waals surface area contributed by atoms with E-state index in [4.69, 9.17) is 5.73 Å². The van der Waals surface area contributed by atoms with Crippen molar-refractivity contribution in [1.29, 1.82) is 0 Å². The van der Waals surface area contributed by atoms with Gasteiger partial charge in [-0.3, -0.25) is 0 Å². The van der Waals surface area contributed by atoms with E-state index in [0.29, 0.717) is 0 Å². The van der Waals surface area contributed by atoms with Gasteiger partial charge in [0.05, 0.1) is 0 Å². The quantitative estimate of drug-likeness (QED) is 0.353. The summed E-state index contributed by atoms with van der Waals surface area (Å²) >= 11 is 0. The third-order valence-corrected chi connectivity index (χ3v) is 5.93. The molecule has 4 aromatic rings. The van der Waals surface area contributed by atoms with Crippen LogP contribution in [0.25, 0.3) is 10.8 Å². The molecule has 3 nitrogen and oxygen atoms in total. The van der Waals surface area contributed by atoms with Gasteiger partial charge in [-0.15, -0.1) is 0 Å². The molecule has 0 saturated heterocycles. The van der Waals surface area contributed by atoms with Crippen LogP contribution in [0.1, 0.15) is 48.1 Å². The average Bonchev–Trinajstić information content (AvgIpc) is 2.85. The van der Waals surface area contributed by atoms with Gasteiger partial charge in [0.15, 0.2) is 0 Å². The van der Waals surface area contributed by atoms with Gasteiger partial charge in [0.2, 0.25) is 0 Å². The van der Waals surface area contributed by atoms with Crippen LogP contribution in [0.4, 0.5) is 0 Å². The van der Waals surface area contributed by atoms with Gasteiger partial charge < -0.3 is 16.8 Å². The van der Waals surface area contributed by atoms with Crippen LogP contribution in [0, 0.1) is 0 Å². The van der Waals surface area contributed by atoms with Crippen LogP contribution in [0.3, 0.4) is 0 Å². The second-order valence-corrected chi connectivity index (χ2v) is 8.16. The summed E-state index contributed by atoms with van der Waals surface area (Å²) in [7, 11) is 1.50. The summed E-state index contributed by atoms with van der Waals surface area (Å²) in [5.41, 5.74) is 16.0. The molecule has 0 aliphatic rings. The van der Waals surface area contributed by atoms with Crippen molar-refractivity contribution in [3.05, 3.63) is 119 Å². The first kappa shape index (κ1) is 23.7. The Bertz CT molecular complexity index is 1080. The van der Waals surface area contributed by atoms with Gasteiger partial charge in [-0.1, -0.05) is 97.1 Å². The number of rotatable bonds is 7. The van der Waals surface area contributed by atoms with Crippen LogP contribution in [0.15, 0.2) is 97.1 Å². The zero-order valence-electron chi connectivity index (χ0n) is 19.3. The maximum absolute atomic E-state index is 6.33. The monoisotopic (exact) mass is 425 g/mol. The third kappa shape index (κ3) is 5.63. The molecule has 0 radical (unpaired) electrons. The van der Waals surface area contributed by atoms with Gasteiger partial charge in [0, 0.05) is 24.5 Å². The standard InChI is InChI=1S/C28H30N2.CH5N/c1-20(29)28(24-10-4-3-5-11-24)25-17-15-22(16-18-25)19-30-21(2)26-14-8-12-23-9-6-7-13-27(23)26;1-2/h3-18,20-21,28,30H,19,29H2,1-2H3;2H2,1H3/t20?,21-,28?;/m1./s1. The van der Waals surface area contributed by atoms with E-state index in [9.17, 15) is 0 Å². The number of hydrogen-bond donors (Lipinski definition) is 3. The topological polar surface area (TPSA) is 64.1 Å². The molecule has 3 heteroatoms. The number of nitrogens with one attached hydrogen (secondary N) is 1. The van der Waals surface area contributed by atoms with Crippen LogP contribution in [-0.4, -0.2) is 13.1 Å². The van der Waals surface area contributed by atoms with Gasteiger partial charge in [-0.05, 0) is 53.9 Å². The zero-order chi connectivity index (χ0) is 22.9. The lowest BCUT2D eigenvalue weighted by molar-refractivity contribution is 0.577. The van der Waals surface area contributed by atoms with Crippen molar-refractivity contribution in [1.82, 2.24) is 5.32 Å². The minimum Gasteiger partial charge on any atom is -0.333 e. The Morgan fingerprint density at radius 2 is 1.28 bits per heavy atom. The normalized spacial score (nSPS) is 13.7. The van der Waals surface area contributed by atoms with Crippen LogP contribution < -0.4 is 16.8 Å². The van der Waals surface area contributed by atoms with Crippen molar-refractivity contribution in [2.75, 3.05) is 7.05 Å². The summed E-state index contributed by atoms with van der Waals surface area (Å²) in [5, 5.41) is 6.29. The largest absolute Gasteiger partial charge is 0.333 e. The first-order valence-electron chi connectivity index (χ1n) is 11.3. The highest BCUT2D eigenvalue weighted by Gasteiger charge is 2.18. The molecule has 0 spiro atoms. The van der Waals surface area contributed by atoms with Crippen molar-refractivity contribution < 1.29 is 0 Å². The Balaban J connectivity index is 0.00000141. The smallest absolute Gasteiger partial charge is 0.0301 e. The van der Waals surface area contributed by atoms with Crippen LogP contribution in [0.2, 0.25) is 0 Å². The first-order valence-corrected chi connectivity index (χ1v) is 11.3. The van der Waals surface area contributed by atoms with Gasteiger partial charge in [0.25, 0.3) is 0 Å². The molecule has 0 amide bonds. The van der Waals surface area contributed by atoms with Gasteiger partial charge in [-0.25, -0.2) is 0 Å². The Hall–Kier alpha value is -2.98. The van der Waals surface area contributed by atoms with E-state index in [1.165, 1.54) is 40.1 Å².